The Hall–Kier alpha value is -7.36. The quantitative estimate of drug-likeness (QED) is 0.147. The van der Waals surface area contributed by atoms with Gasteiger partial charge in [0.1, 0.15) is 0 Å². The van der Waals surface area contributed by atoms with Gasteiger partial charge in [-0.25, -0.2) is 0 Å². The van der Waals surface area contributed by atoms with Gasteiger partial charge in [0, 0.05) is 39.2 Å². The molecule has 3 heterocycles. The maximum atomic E-state index is 2.76. The Bertz CT molecular complexity index is 3370. The third kappa shape index (κ3) is 5.26. The van der Waals surface area contributed by atoms with Crippen LogP contribution >= 0.6 is 0 Å². The lowest BCUT2D eigenvalue weighted by Crippen LogP contribution is -2.63. The van der Waals surface area contributed by atoms with Crippen molar-refractivity contribution in [3.05, 3.63) is 245 Å². The normalized spacial score (nSPS) is 15.0. The summed E-state index contributed by atoms with van der Waals surface area (Å²) in [4.78, 5) is 5.45. The molecule has 0 fully saturated rings. The summed E-state index contributed by atoms with van der Waals surface area (Å²) < 4.78 is 0. The number of fused-ring (bicyclic) bond motifs is 10. The van der Waals surface area contributed by atoms with E-state index in [4.69, 9.17) is 0 Å². The minimum Gasteiger partial charge on any atom is -0.376 e. The fourth-order valence-electron chi connectivity index (χ4n) is 12.7. The van der Waals surface area contributed by atoms with Crippen molar-refractivity contribution in [2.75, 3.05) is 9.71 Å². The predicted molar refractivity (Wildman–Crippen MR) is 278 cm³/mol. The monoisotopic (exact) mass is 846 g/mol. The molecule has 0 aromatic heterocycles. The molecule has 0 N–H and O–H groups in total. The van der Waals surface area contributed by atoms with E-state index in [0.717, 1.165) is 6.42 Å². The molecule has 9 aromatic carbocycles. The van der Waals surface area contributed by atoms with Crippen LogP contribution in [0.1, 0.15) is 78.1 Å². The van der Waals surface area contributed by atoms with Crippen molar-refractivity contribution in [3.63, 3.8) is 0 Å². The topological polar surface area (TPSA) is 6.48 Å². The number of hydrogen-bond donors (Lipinski definition) is 0. The molecular formula is C63H51BN2. The Labute approximate surface area is 390 Å². The number of aryl methyl sites for hydroxylation is 2. The first-order valence-corrected chi connectivity index (χ1v) is 23.9. The maximum absolute atomic E-state index is 2.76. The van der Waals surface area contributed by atoms with E-state index in [1.165, 1.54) is 130 Å². The van der Waals surface area contributed by atoms with Gasteiger partial charge < -0.3 is 9.71 Å². The summed E-state index contributed by atoms with van der Waals surface area (Å²) in [5.41, 5.74) is 26.6. The molecule has 1 aliphatic carbocycles. The van der Waals surface area contributed by atoms with Gasteiger partial charge in [-0.3, -0.25) is 0 Å². The van der Waals surface area contributed by atoms with Crippen molar-refractivity contribution >= 4 is 46.2 Å². The van der Waals surface area contributed by atoms with Gasteiger partial charge in [0.05, 0.1) is 16.8 Å². The molecule has 0 saturated heterocycles. The van der Waals surface area contributed by atoms with Gasteiger partial charge in [0.15, 0.2) is 0 Å². The van der Waals surface area contributed by atoms with Crippen LogP contribution in [0.25, 0.3) is 33.4 Å². The summed E-state index contributed by atoms with van der Waals surface area (Å²) in [6.45, 7) is 9.32. The minimum absolute atomic E-state index is 0.105. The molecule has 0 bridgehead atoms. The first kappa shape index (κ1) is 39.0. The smallest absolute Gasteiger partial charge is 0.333 e. The van der Waals surface area contributed by atoms with Crippen LogP contribution in [0.2, 0.25) is 0 Å². The summed E-state index contributed by atoms with van der Waals surface area (Å²) >= 11 is 0. The number of anilines is 5. The Balaban J connectivity index is 1.19. The molecule has 0 saturated carbocycles. The highest BCUT2D eigenvalue weighted by Gasteiger charge is 2.54. The fourth-order valence-corrected chi connectivity index (χ4v) is 12.7. The third-order valence-corrected chi connectivity index (χ3v) is 15.5. The first-order chi connectivity index (χ1) is 32.4. The molecule has 0 spiro atoms. The van der Waals surface area contributed by atoms with Gasteiger partial charge in [-0.2, -0.15) is 0 Å². The highest BCUT2D eigenvalue weighted by Crippen LogP contribution is 2.62. The molecule has 2 nitrogen and oxygen atoms in total. The molecule has 4 aliphatic rings. The van der Waals surface area contributed by atoms with E-state index >= 15 is 0 Å². The number of unbranched alkanes of at least 4 members (excludes halogenated alkanes) is 1. The average molecular weight is 847 g/mol. The van der Waals surface area contributed by atoms with Crippen LogP contribution in [0.4, 0.5) is 28.4 Å². The number of hydrogen-bond acceptors (Lipinski definition) is 2. The highest BCUT2D eigenvalue weighted by atomic mass is 15.2. The molecule has 316 valence electrons. The van der Waals surface area contributed by atoms with Crippen LogP contribution in [-0.4, -0.2) is 6.85 Å². The van der Waals surface area contributed by atoms with Crippen LogP contribution in [-0.2, 0) is 17.3 Å². The zero-order chi connectivity index (χ0) is 44.3. The first-order valence-electron chi connectivity index (χ1n) is 23.9. The number of benzene rings is 9. The Morgan fingerprint density at radius 3 is 1.88 bits per heavy atom. The van der Waals surface area contributed by atoms with Crippen molar-refractivity contribution in [1.82, 2.24) is 0 Å². The zero-order valence-corrected chi connectivity index (χ0v) is 38.1. The predicted octanol–water partition coefficient (Wildman–Crippen LogP) is 14.7. The lowest BCUT2D eigenvalue weighted by Gasteiger charge is -2.53. The van der Waals surface area contributed by atoms with Crippen LogP contribution in [0.5, 0.6) is 0 Å². The molecule has 3 heteroatoms. The van der Waals surface area contributed by atoms with Gasteiger partial charge in [-0.15, -0.1) is 0 Å². The van der Waals surface area contributed by atoms with E-state index in [9.17, 15) is 0 Å². The van der Waals surface area contributed by atoms with Crippen molar-refractivity contribution in [2.45, 2.75) is 57.8 Å². The molecule has 13 rings (SSSR count). The van der Waals surface area contributed by atoms with Crippen molar-refractivity contribution < 1.29 is 0 Å². The second kappa shape index (κ2) is 14.6. The van der Waals surface area contributed by atoms with Gasteiger partial charge in [0.2, 0.25) is 0 Å². The zero-order valence-electron chi connectivity index (χ0n) is 38.1. The Kier molecular flexibility index (Phi) is 8.62. The van der Waals surface area contributed by atoms with Gasteiger partial charge >= 0.3 is 6.85 Å². The van der Waals surface area contributed by atoms with Gasteiger partial charge in [-0.1, -0.05) is 203 Å². The van der Waals surface area contributed by atoms with Gasteiger partial charge in [0.25, 0.3) is 0 Å². The molecule has 0 radical (unpaired) electrons. The van der Waals surface area contributed by atoms with Crippen molar-refractivity contribution in [1.29, 1.82) is 0 Å². The van der Waals surface area contributed by atoms with E-state index in [1.54, 1.807) is 0 Å². The van der Waals surface area contributed by atoms with Crippen LogP contribution in [0, 0.1) is 6.92 Å². The lowest BCUT2D eigenvalue weighted by atomic mass is 9.41. The fraction of sp³-hybridized carbons (Fsp3) is 0.143. The number of para-hydroxylation sites is 2. The molecule has 9 aromatic rings. The van der Waals surface area contributed by atoms with E-state index in [2.05, 4.69) is 238 Å². The largest absolute Gasteiger partial charge is 0.376 e. The summed E-state index contributed by atoms with van der Waals surface area (Å²) in [6.07, 6.45) is 3.40. The second-order valence-electron chi connectivity index (χ2n) is 19.5. The highest BCUT2D eigenvalue weighted by molar-refractivity contribution is 6.94. The van der Waals surface area contributed by atoms with E-state index in [-0.39, 0.29) is 12.3 Å². The third-order valence-electron chi connectivity index (χ3n) is 15.5. The van der Waals surface area contributed by atoms with E-state index in [0.29, 0.717) is 0 Å². The molecule has 3 aliphatic heterocycles. The molecule has 0 amide bonds. The second-order valence-corrected chi connectivity index (χ2v) is 19.5. The average Bonchev–Trinajstić information content (AvgIpc) is 3.60. The van der Waals surface area contributed by atoms with Crippen LogP contribution in [0.15, 0.2) is 200 Å². The molecule has 66 heavy (non-hydrogen) atoms. The van der Waals surface area contributed by atoms with Gasteiger partial charge in [-0.05, 0) is 116 Å². The van der Waals surface area contributed by atoms with E-state index in [1.807, 2.05) is 0 Å². The minimum atomic E-state index is -0.556. The summed E-state index contributed by atoms with van der Waals surface area (Å²) in [6, 6.07) is 76.5. The molecular weight excluding hydrogens is 796 g/mol. The van der Waals surface area contributed by atoms with Crippen molar-refractivity contribution in [3.8, 4) is 33.4 Å². The van der Waals surface area contributed by atoms with Crippen LogP contribution < -0.4 is 20.6 Å². The number of rotatable bonds is 7. The standard InChI is InChI=1S/C63H51BN2/c1-5-6-21-42-34-37-55(48(40-42)43-22-10-7-11-23-43)65-57-39-41(2)38-49-46-29-20-32-53-60(46)66(56-33-19-18-31-51(56)63(53,44-24-12-8-13-25-44)45-26-14-9-15-27-45)64(59(49)57)54-36-35-52-58(61(54)65)47-28-16-17-30-50(47)62(52,3)4/h7-20,22-40H,5-6,21H2,1-4H3. The lowest BCUT2D eigenvalue weighted by molar-refractivity contribution is 0.660. The number of nitrogens with zero attached hydrogens (tertiary/aromatic N) is 2. The summed E-state index contributed by atoms with van der Waals surface area (Å²) in [5.74, 6) is 0. The SMILES string of the molecule is CCCCc1ccc(N2c3cc(C)cc4c3B(c3ccc5c(c32)-c2ccccc2C5(C)C)N2c3ccccc3C(c3ccccc3)(c3ccccc3)c3cccc-4c32)c(-c2ccccc2)c1. The molecule has 0 unspecified atom stereocenters. The van der Waals surface area contributed by atoms with E-state index < -0.39 is 5.41 Å². The molecule has 0 atom stereocenters. The summed E-state index contributed by atoms with van der Waals surface area (Å²) in [5, 5.41) is 0. The Morgan fingerprint density at radius 1 is 0.485 bits per heavy atom. The van der Waals surface area contributed by atoms with Crippen LogP contribution in [0.3, 0.4) is 0 Å². The Morgan fingerprint density at radius 2 is 1.14 bits per heavy atom. The maximum Gasteiger partial charge on any atom is 0.333 e. The van der Waals surface area contributed by atoms with Crippen molar-refractivity contribution in [2.24, 2.45) is 0 Å². The summed E-state index contributed by atoms with van der Waals surface area (Å²) in [7, 11) is 0.